The molecule has 0 aliphatic rings. The molecule has 2 aromatic carbocycles. The molecule has 0 fully saturated rings. The van der Waals surface area contributed by atoms with Crippen LogP contribution in [0, 0.1) is 6.92 Å². The lowest BCUT2D eigenvalue weighted by molar-refractivity contribution is 0.0946. The van der Waals surface area contributed by atoms with Crippen molar-refractivity contribution >= 4 is 23.2 Å². The van der Waals surface area contributed by atoms with Gasteiger partial charge >= 0.3 is 0 Å². The fourth-order valence-electron chi connectivity index (χ4n) is 2.50. The predicted molar refractivity (Wildman–Crippen MR) is 108 cm³/mol. The molecular formula is C21H23N5O. The summed E-state index contributed by atoms with van der Waals surface area (Å²) in [6.45, 7) is 2.49. The standard InChI is InChI=1S/C21H23N5O/c1-15-4-6-16(7-5-15)14-23-20(27)19-12-13-22-21(25-19)24-17-8-10-18(11-9-17)26(2)3/h4-13H,14H2,1-3H3,(H,23,27)(H,22,24,25). The van der Waals surface area contributed by atoms with Crippen LogP contribution >= 0.6 is 0 Å². The Morgan fingerprint density at radius 1 is 1.00 bits per heavy atom. The van der Waals surface area contributed by atoms with Crippen LogP contribution < -0.4 is 15.5 Å². The monoisotopic (exact) mass is 361 g/mol. The number of amides is 1. The molecule has 0 aliphatic heterocycles. The lowest BCUT2D eigenvalue weighted by Crippen LogP contribution is -2.24. The molecule has 1 heterocycles. The third kappa shape index (κ3) is 5.04. The first-order valence-electron chi connectivity index (χ1n) is 8.72. The third-order valence-corrected chi connectivity index (χ3v) is 4.10. The van der Waals surface area contributed by atoms with E-state index in [0.29, 0.717) is 18.2 Å². The van der Waals surface area contributed by atoms with Crippen molar-refractivity contribution in [3.8, 4) is 0 Å². The van der Waals surface area contributed by atoms with Crippen LogP contribution in [0.2, 0.25) is 0 Å². The van der Waals surface area contributed by atoms with E-state index in [1.54, 1.807) is 12.3 Å². The summed E-state index contributed by atoms with van der Waals surface area (Å²) >= 11 is 0. The lowest BCUT2D eigenvalue weighted by Gasteiger charge is -2.13. The normalized spacial score (nSPS) is 10.3. The molecule has 1 amide bonds. The molecule has 0 unspecified atom stereocenters. The molecule has 1 aromatic heterocycles. The summed E-state index contributed by atoms with van der Waals surface area (Å²) in [6.07, 6.45) is 1.57. The van der Waals surface area contributed by atoms with Crippen molar-refractivity contribution in [2.24, 2.45) is 0 Å². The summed E-state index contributed by atoms with van der Waals surface area (Å²) in [7, 11) is 3.98. The van der Waals surface area contributed by atoms with Crippen LogP contribution in [-0.2, 0) is 6.54 Å². The number of carbonyl (C=O) groups is 1. The van der Waals surface area contributed by atoms with Crippen LogP contribution in [0.25, 0.3) is 0 Å². The second kappa shape index (κ2) is 8.31. The van der Waals surface area contributed by atoms with Gasteiger partial charge in [-0.2, -0.15) is 0 Å². The first kappa shape index (κ1) is 18.4. The van der Waals surface area contributed by atoms with E-state index in [2.05, 4.69) is 20.6 Å². The Labute approximate surface area is 159 Å². The number of nitrogens with one attached hydrogen (secondary N) is 2. The zero-order valence-electron chi connectivity index (χ0n) is 15.7. The van der Waals surface area contributed by atoms with E-state index in [4.69, 9.17) is 0 Å². The molecule has 0 radical (unpaired) electrons. The summed E-state index contributed by atoms with van der Waals surface area (Å²) in [5.41, 5.74) is 4.52. The zero-order chi connectivity index (χ0) is 19.2. The second-order valence-corrected chi connectivity index (χ2v) is 6.50. The van der Waals surface area contributed by atoms with E-state index in [1.807, 2.05) is 74.4 Å². The number of hydrogen-bond acceptors (Lipinski definition) is 5. The molecule has 0 bridgehead atoms. The summed E-state index contributed by atoms with van der Waals surface area (Å²) in [6, 6.07) is 17.5. The molecule has 3 aromatic rings. The largest absolute Gasteiger partial charge is 0.378 e. The molecule has 2 N–H and O–H groups in total. The number of nitrogens with zero attached hydrogens (tertiary/aromatic N) is 3. The number of anilines is 3. The van der Waals surface area contributed by atoms with E-state index < -0.39 is 0 Å². The summed E-state index contributed by atoms with van der Waals surface area (Å²) < 4.78 is 0. The summed E-state index contributed by atoms with van der Waals surface area (Å²) in [5.74, 6) is 0.152. The number of benzene rings is 2. The van der Waals surface area contributed by atoms with Crippen molar-refractivity contribution < 1.29 is 4.79 Å². The Hall–Kier alpha value is -3.41. The van der Waals surface area contributed by atoms with Crippen LogP contribution in [-0.4, -0.2) is 30.0 Å². The zero-order valence-corrected chi connectivity index (χ0v) is 15.7. The maximum Gasteiger partial charge on any atom is 0.270 e. The van der Waals surface area contributed by atoms with Gasteiger partial charge in [0.1, 0.15) is 5.69 Å². The SMILES string of the molecule is Cc1ccc(CNC(=O)c2ccnc(Nc3ccc(N(C)C)cc3)n2)cc1. The molecule has 0 atom stereocenters. The van der Waals surface area contributed by atoms with E-state index >= 15 is 0 Å². The molecule has 6 heteroatoms. The minimum absolute atomic E-state index is 0.232. The maximum atomic E-state index is 12.4. The van der Waals surface area contributed by atoms with Gasteiger partial charge in [-0.15, -0.1) is 0 Å². The highest BCUT2D eigenvalue weighted by atomic mass is 16.1. The van der Waals surface area contributed by atoms with Crippen LogP contribution in [0.4, 0.5) is 17.3 Å². The molecule has 6 nitrogen and oxygen atoms in total. The molecule has 0 spiro atoms. The number of rotatable bonds is 6. The molecule has 138 valence electrons. The molecule has 0 aliphatic carbocycles. The quantitative estimate of drug-likeness (QED) is 0.703. The fraction of sp³-hybridized carbons (Fsp3) is 0.190. The van der Waals surface area contributed by atoms with E-state index in [-0.39, 0.29) is 5.91 Å². The van der Waals surface area contributed by atoms with Gasteiger partial charge in [-0.1, -0.05) is 29.8 Å². The molecule has 0 saturated heterocycles. The average Bonchev–Trinajstić information content (AvgIpc) is 2.68. The van der Waals surface area contributed by atoms with Crippen LogP contribution in [0.15, 0.2) is 60.8 Å². The lowest BCUT2D eigenvalue weighted by atomic mass is 10.1. The smallest absolute Gasteiger partial charge is 0.270 e. The van der Waals surface area contributed by atoms with E-state index in [1.165, 1.54) is 5.56 Å². The van der Waals surface area contributed by atoms with E-state index in [0.717, 1.165) is 16.9 Å². The molecule has 27 heavy (non-hydrogen) atoms. The molecule has 3 rings (SSSR count). The van der Waals surface area contributed by atoms with Gasteiger partial charge in [0.25, 0.3) is 5.91 Å². The Kier molecular flexibility index (Phi) is 5.66. The first-order valence-corrected chi connectivity index (χ1v) is 8.72. The average molecular weight is 361 g/mol. The highest BCUT2D eigenvalue weighted by molar-refractivity contribution is 5.92. The van der Waals surface area contributed by atoms with Gasteiger partial charge < -0.3 is 15.5 Å². The third-order valence-electron chi connectivity index (χ3n) is 4.10. The Bertz CT molecular complexity index is 905. The topological polar surface area (TPSA) is 70.2 Å². The van der Waals surface area contributed by atoms with Gasteiger partial charge in [-0.25, -0.2) is 9.97 Å². The van der Waals surface area contributed by atoms with Gasteiger partial charge in [0.05, 0.1) is 0 Å². The van der Waals surface area contributed by atoms with Crippen LogP contribution in [0.1, 0.15) is 21.6 Å². The minimum Gasteiger partial charge on any atom is -0.378 e. The minimum atomic E-state index is -0.232. The van der Waals surface area contributed by atoms with Crippen molar-refractivity contribution in [1.29, 1.82) is 0 Å². The van der Waals surface area contributed by atoms with Gasteiger partial charge in [0, 0.05) is 38.2 Å². The summed E-state index contributed by atoms with van der Waals surface area (Å²) in [4.78, 5) is 22.9. The fourth-order valence-corrected chi connectivity index (χ4v) is 2.50. The first-order chi connectivity index (χ1) is 13.0. The second-order valence-electron chi connectivity index (χ2n) is 6.50. The predicted octanol–water partition coefficient (Wildman–Crippen LogP) is 3.52. The van der Waals surface area contributed by atoms with Crippen molar-refractivity contribution in [3.05, 3.63) is 77.6 Å². The van der Waals surface area contributed by atoms with Gasteiger partial charge in [-0.05, 0) is 42.8 Å². The van der Waals surface area contributed by atoms with Crippen molar-refractivity contribution in [3.63, 3.8) is 0 Å². The molecule has 0 saturated carbocycles. The Morgan fingerprint density at radius 2 is 1.70 bits per heavy atom. The van der Waals surface area contributed by atoms with Gasteiger partial charge in [0.15, 0.2) is 0 Å². The Balaban J connectivity index is 1.63. The van der Waals surface area contributed by atoms with Crippen LogP contribution in [0.3, 0.4) is 0 Å². The highest BCUT2D eigenvalue weighted by Crippen LogP contribution is 2.18. The van der Waals surface area contributed by atoms with Gasteiger partial charge in [0.2, 0.25) is 5.95 Å². The number of aryl methyl sites for hydroxylation is 1. The Morgan fingerprint density at radius 3 is 2.37 bits per heavy atom. The van der Waals surface area contributed by atoms with Crippen LogP contribution in [0.5, 0.6) is 0 Å². The van der Waals surface area contributed by atoms with Crippen molar-refractivity contribution in [2.75, 3.05) is 24.3 Å². The highest BCUT2D eigenvalue weighted by Gasteiger charge is 2.09. The number of hydrogen-bond donors (Lipinski definition) is 2. The number of aromatic nitrogens is 2. The molecular weight excluding hydrogens is 338 g/mol. The van der Waals surface area contributed by atoms with E-state index in [9.17, 15) is 4.79 Å². The summed E-state index contributed by atoms with van der Waals surface area (Å²) in [5, 5.41) is 6.01. The van der Waals surface area contributed by atoms with Crippen molar-refractivity contribution in [1.82, 2.24) is 15.3 Å². The van der Waals surface area contributed by atoms with Gasteiger partial charge in [-0.3, -0.25) is 4.79 Å². The maximum absolute atomic E-state index is 12.4. The number of carbonyl (C=O) groups excluding carboxylic acids is 1. The van der Waals surface area contributed by atoms with Crippen molar-refractivity contribution in [2.45, 2.75) is 13.5 Å².